The maximum absolute atomic E-state index is 12.7. The number of ether oxygens (including phenoxy) is 1. The summed E-state index contributed by atoms with van der Waals surface area (Å²) in [5, 5.41) is 2.94. The Labute approximate surface area is 166 Å². The van der Waals surface area contributed by atoms with E-state index in [0.717, 1.165) is 51.3 Å². The van der Waals surface area contributed by atoms with Crippen LogP contribution >= 0.6 is 0 Å². The van der Waals surface area contributed by atoms with E-state index in [4.69, 9.17) is 5.73 Å². The number of nitrogens with two attached hydrogens (primary N) is 1. The molecule has 0 aliphatic rings. The third-order valence-electron chi connectivity index (χ3n) is 5.05. The fourth-order valence-corrected chi connectivity index (χ4v) is 3.80. The van der Waals surface area contributed by atoms with Crippen LogP contribution in [0.1, 0.15) is 18.4 Å². The molecule has 0 fully saturated rings. The lowest BCUT2D eigenvalue weighted by atomic mass is 9.96. The molecule has 29 heavy (non-hydrogen) atoms. The number of hydrogen-bond acceptors (Lipinski definition) is 2. The number of nitrogens with one attached hydrogen (secondary N) is 1. The molecule has 0 saturated heterocycles. The van der Waals surface area contributed by atoms with Crippen molar-refractivity contribution in [2.24, 2.45) is 5.73 Å². The van der Waals surface area contributed by atoms with Crippen LogP contribution in [0.15, 0.2) is 60.7 Å². The summed E-state index contributed by atoms with van der Waals surface area (Å²) in [6, 6.07) is 18.6. The van der Waals surface area contributed by atoms with Gasteiger partial charge in [0.25, 0.3) is 0 Å². The molecule has 3 N–H and O–H groups in total. The van der Waals surface area contributed by atoms with Gasteiger partial charge in [0.1, 0.15) is 5.75 Å². The van der Waals surface area contributed by atoms with Crippen LogP contribution in [0.25, 0.3) is 32.9 Å². The normalized spacial score (nSPS) is 12.0. The number of hydrogen-bond donors (Lipinski definition) is 2. The molecule has 0 spiro atoms. The zero-order valence-electron chi connectivity index (χ0n) is 15.7. The van der Waals surface area contributed by atoms with Crippen LogP contribution in [0.2, 0.25) is 0 Å². The van der Waals surface area contributed by atoms with Crippen molar-refractivity contribution in [2.75, 3.05) is 6.54 Å². The third kappa shape index (κ3) is 4.07. The number of fused-ring (bicyclic) bond motifs is 2. The SMILES string of the molecule is NCCCCc1c(-c2cccc3ccccc23)[nH]c2ccc(OC(F)(F)F)cc12. The van der Waals surface area contributed by atoms with E-state index in [0.29, 0.717) is 13.0 Å². The van der Waals surface area contributed by atoms with Gasteiger partial charge in [0.05, 0.1) is 5.69 Å². The van der Waals surface area contributed by atoms with Gasteiger partial charge in [0, 0.05) is 16.5 Å². The lowest BCUT2D eigenvalue weighted by molar-refractivity contribution is -0.274. The maximum atomic E-state index is 12.7. The van der Waals surface area contributed by atoms with E-state index in [-0.39, 0.29) is 5.75 Å². The van der Waals surface area contributed by atoms with Crippen LogP contribution in [-0.2, 0) is 6.42 Å². The average molecular weight is 398 g/mol. The Morgan fingerprint density at radius 3 is 2.48 bits per heavy atom. The van der Waals surface area contributed by atoms with E-state index in [1.54, 1.807) is 6.07 Å². The van der Waals surface area contributed by atoms with Gasteiger partial charge < -0.3 is 15.5 Å². The van der Waals surface area contributed by atoms with Gasteiger partial charge in [0.2, 0.25) is 0 Å². The Bertz CT molecular complexity index is 1140. The second kappa shape index (κ2) is 7.79. The number of aromatic nitrogens is 1. The first-order chi connectivity index (χ1) is 14.0. The Hall–Kier alpha value is -2.99. The third-order valence-corrected chi connectivity index (χ3v) is 5.05. The van der Waals surface area contributed by atoms with Gasteiger partial charge in [-0.2, -0.15) is 0 Å². The number of benzene rings is 3. The fourth-order valence-electron chi connectivity index (χ4n) is 3.80. The molecule has 150 valence electrons. The Morgan fingerprint density at radius 1 is 0.897 bits per heavy atom. The molecule has 4 rings (SSSR count). The van der Waals surface area contributed by atoms with E-state index in [1.807, 2.05) is 36.4 Å². The molecule has 0 radical (unpaired) electrons. The minimum Gasteiger partial charge on any atom is -0.406 e. The molecule has 0 bridgehead atoms. The molecule has 0 amide bonds. The second-order valence-electron chi connectivity index (χ2n) is 7.01. The minimum atomic E-state index is -4.72. The Kier molecular flexibility index (Phi) is 5.20. The molecule has 0 saturated carbocycles. The zero-order chi connectivity index (χ0) is 20.4. The van der Waals surface area contributed by atoms with Crippen molar-refractivity contribution in [1.82, 2.24) is 4.98 Å². The van der Waals surface area contributed by atoms with Crippen LogP contribution in [-0.4, -0.2) is 17.9 Å². The summed E-state index contributed by atoms with van der Waals surface area (Å²) in [5.41, 5.74) is 9.37. The van der Waals surface area contributed by atoms with Gasteiger partial charge in [-0.05, 0) is 60.3 Å². The van der Waals surface area contributed by atoms with Crippen molar-refractivity contribution in [3.8, 4) is 17.0 Å². The second-order valence-corrected chi connectivity index (χ2v) is 7.01. The number of alkyl halides is 3. The van der Waals surface area contributed by atoms with E-state index in [9.17, 15) is 13.2 Å². The molecule has 0 atom stereocenters. The van der Waals surface area contributed by atoms with Crippen LogP contribution in [0.3, 0.4) is 0 Å². The number of unbranched alkanes of at least 4 members (excludes halogenated alkanes) is 1. The van der Waals surface area contributed by atoms with Crippen LogP contribution in [0, 0.1) is 0 Å². The highest BCUT2D eigenvalue weighted by Gasteiger charge is 2.31. The van der Waals surface area contributed by atoms with Crippen molar-refractivity contribution in [3.63, 3.8) is 0 Å². The maximum Gasteiger partial charge on any atom is 0.573 e. The lowest BCUT2D eigenvalue weighted by Gasteiger charge is -2.10. The highest BCUT2D eigenvalue weighted by atomic mass is 19.4. The van der Waals surface area contributed by atoms with E-state index >= 15 is 0 Å². The summed E-state index contributed by atoms with van der Waals surface area (Å²) >= 11 is 0. The van der Waals surface area contributed by atoms with Gasteiger partial charge in [-0.15, -0.1) is 13.2 Å². The summed E-state index contributed by atoms with van der Waals surface area (Å²) in [6.45, 7) is 0.578. The van der Waals surface area contributed by atoms with Crippen molar-refractivity contribution in [2.45, 2.75) is 25.6 Å². The molecule has 0 aliphatic carbocycles. The fraction of sp³-hybridized carbons (Fsp3) is 0.217. The summed E-state index contributed by atoms with van der Waals surface area (Å²) in [7, 11) is 0. The van der Waals surface area contributed by atoms with Crippen LogP contribution in [0.5, 0.6) is 5.75 Å². The molecular formula is C23H21F3N2O. The van der Waals surface area contributed by atoms with Crippen molar-refractivity contribution >= 4 is 21.7 Å². The van der Waals surface area contributed by atoms with Gasteiger partial charge in [-0.3, -0.25) is 0 Å². The minimum absolute atomic E-state index is 0.214. The molecular weight excluding hydrogens is 377 g/mol. The topological polar surface area (TPSA) is 51.0 Å². The number of H-pyrrole nitrogens is 1. The summed E-state index contributed by atoms with van der Waals surface area (Å²) in [5.74, 6) is -0.214. The van der Waals surface area contributed by atoms with Gasteiger partial charge in [0.15, 0.2) is 0 Å². The number of rotatable bonds is 6. The molecule has 6 heteroatoms. The molecule has 0 unspecified atom stereocenters. The Balaban J connectivity index is 1.89. The van der Waals surface area contributed by atoms with Crippen LogP contribution < -0.4 is 10.5 Å². The molecule has 3 aromatic carbocycles. The first-order valence-electron chi connectivity index (χ1n) is 9.55. The molecule has 0 aliphatic heterocycles. The number of halogens is 3. The molecule has 1 aromatic heterocycles. The van der Waals surface area contributed by atoms with Gasteiger partial charge in [-0.1, -0.05) is 42.5 Å². The summed E-state index contributed by atoms with van der Waals surface area (Å²) in [4.78, 5) is 3.42. The first kappa shape index (κ1) is 19.3. The summed E-state index contributed by atoms with van der Waals surface area (Å²) < 4.78 is 42.2. The summed E-state index contributed by atoms with van der Waals surface area (Å²) in [6.07, 6.45) is -2.31. The predicted octanol–water partition coefficient (Wildman–Crippen LogP) is 6.17. The highest BCUT2D eigenvalue weighted by molar-refractivity contribution is 6.01. The largest absolute Gasteiger partial charge is 0.573 e. The van der Waals surface area contributed by atoms with E-state index in [2.05, 4.69) is 15.8 Å². The standard InChI is InChI=1S/C23H21F3N2O/c24-23(25,26)29-16-11-12-21-20(14-16)19(9-3-4-13-27)22(28-21)18-10-5-7-15-6-1-2-8-17(15)18/h1-2,5-8,10-12,14,28H,3-4,9,13,27H2. The van der Waals surface area contributed by atoms with Crippen molar-refractivity contribution in [3.05, 3.63) is 66.2 Å². The number of aromatic amines is 1. The number of aryl methyl sites for hydroxylation is 1. The van der Waals surface area contributed by atoms with E-state index in [1.165, 1.54) is 12.1 Å². The van der Waals surface area contributed by atoms with Crippen molar-refractivity contribution in [1.29, 1.82) is 0 Å². The smallest absolute Gasteiger partial charge is 0.406 e. The monoisotopic (exact) mass is 398 g/mol. The highest BCUT2D eigenvalue weighted by Crippen LogP contribution is 2.37. The molecule has 1 heterocycles. The lowest BCUT2D eigenvalue weighted by Crippen LogP contribution is -2.16. The van der Waals surface area contributed by atoms with Gasteiger partial charge in [-0.25, -0.2) is 0 Å². The molecule has 3 nitrogen and oxygen atoms in total. The van der Waals surface area contributed by atoms with Gasteiger partial charge >= 0.3 is 6.36 Å². The molecule has 4 aromatic rings. The van der Waals surface area contributed by atoms with E-state index < -0.39 is 6.36 Å². The first-order valence-corrected chi connectivity index (χ1v) is 9.55. The zero-order valence-corrected chi connectivity index (χ0v) is 15.7. The van der Waals surface area contributed by atoms with Crippen LogP contribution in [0.4, 0.5) is 13.2 Å². The quantitative estimate of drug-likeness (QED) is 0.382. The predicted molar refractivity (Wildman–Crippen MR) is 110 cm³/mol. The average Bonchev–Trinajstić information content (AvgIpc) is 3.04. The Morgan fingerprint density at radius 2 is 1.69 bits per heavy atom. The van der Waals surface area contributed by atoms with Crippen molar-refractivity contribution < 1.29 is 17.9 Å².